The third-order valence-corrected chi connectivity index (χ3v) is 5.73. The molecule has 9 heteroatoms. The van der Waals surface area contributed by atoms with Crippen molar-refractivity contribution >= 4 is 28.3 Å². The van der Waals surface area contributed by atoms with Crippen LogP contribution in [0, 0.1) is 11.3 Å². The molecule has 4 aromatic rings. The highest BCUT2D eigenvalue weighted by Gasteiger charge is 2.16. The number of primary amides is 1. The average molecular weight is 434 g/mol. The summed E-state index contributed by atoms with van der Waals surface area (Å²) in [5.41, 5.74) is 8.10. The van der Waals surface area contributed by atoms with Crippen molar-refractivity contribution in [1.29, 1.82) is 5.26 Å². The summed E-state index contributed by atoms with van der Waals surface area (Å²) >= 11 is 1.30. The van der Waals surface area contributed by atoms with Crippen LogP contribution in [-0.2, 0) is 6.61 Å². The molecule has 0 aliphatic heterocycles. The smallest absolute Gasteiger partial charge is 0.248 e. The summed E-state index contributed by atoms with van der Waals surface area (Å²) in [7, 11) is 3.15. The molecule has 0 radical (unpaired) electrons. The van der Waals surface area contributed by atoms with Gasteiger partial charge in [-0.2, -0.15) is 5.26 Å². The van der Waals surface area contributed by atoms with Crippen LogP contribution in [0.15, 0.2) is 48.8 Å². The van der Waals surface area contributed by atoms with Crippen molar-refractivity contribution in [2.75, 3.05) is 14.2 Å². The molecular formula is C22H18N4O4S. The third-order valence-electron chi connectivity index (χ3n) is 4.71. The lowest BCUT2D eigenvalue weighted by Gasteiger charge is -2.08. The standard InChI is InChI=1S/C22H18N4O4S/c1-28-17-7-15-16(8-18(17)29-2)26(12-25-15)21-9-19(20(10-23)31-21)30-11-13-3-5-14(6-4-13)22(24)27/h3-9,12H,11H2,1-2H3,(H2,24,27). The second-order valence-electron chi connectivity index (χ2n) is 6.55. The van der Waals surface area contributed by atoms with Crippen LogP contribution in [-0.4, -0.2) is 29.7 Å². The van der Waals surface area contributed by atoms with E-state index in [0.717, 1.165) is 21.6 Å². The number of fused-ring (bicyclic) bond motifs is 1. The number of rotatable bonds is 7. The van der Waals surface area contributed by atoms with Crippen molar-refractivity contribution in [3.8, 4) is 28.3 Å². The van der Waals surface area contributed by atoms with Gasteiger partial charge in [-0.05, 0) is 17.7 Å². The molecular weight excluding hydrogens is 416 g/mol. The molecule has 0 aliphatic carbocycles. The highest BCUT2D eigenvalue weighted by Crippen LogP contribution is 2.36. The Kier molecular flexibility index (Phi) is 5.47. The van der Waals surface area contributed by atoms with Crippen molar-refractivity contribution in [3.05, 3.63) is 64.8 Å². The maximum Gasteiger partial charge on any atom is 0.248 e. The van der Waals surface area contributed by atoms with Gasteiger partial charge in [-0.15, -0.1) is 11.3 Å². The summed E-state index contributed by atoms with van der Waals surface area (Å²) in [6.45, 7) is 0.250. The minimum Gasteiger partial charge on any atom is -0.493 e. The van der Waals surface area contributed by atoms with E-state index in [2.05, 4.69) is 11.1 Å². The topological polar surface area (TPSA) is 112 Å². The maximum atomic E-state index is 11.2. The van der Waals surface area contributed by atoms with E-state index in [1.807, 2.05) is 10.6 Å². The van der Waals surface area contributed by atoms with E-state index in [4.69, 9.17) is 19.9 Å². The molecule has 31 heavy (non-hydrogen) atoms. The SMILES string of the molecule is COc1cc2ncn(-c3cc(OCc4ccc(C(N)=O)cc4)c(C#N)s3)c2cc1OC. The van der Waals surface area contributed by atoms with Crippen molar-refractivity contribution in [2.24, 2.45) is 5.73 Å². The average Bonchev–Trinajstić information content (AvgIpc) is 3.39. The molecule has 0 saturated carbocycles. The van der Waals surface area contributed by atoms with Crippen LogP contribution in [0.1, 0.15) is 20.8 Å². The second-order valence-corrected chi connectivity index (χ2v) is 7.58. The molecule has 8 nitrogen and oxygen atoms in total. The van der Waals surface area contributed by atoms with E-state index < -0.39 is 5.91 Å². The molecule has 0 fully saturated rings. The number of imidazole rings is 1. The van der Waals surface area contributed by atoms with E-state index in [1.54, 1.807) is 56.9 Å². The highest BCUT2D eigenvalue weighted by molar-refractivity contribution is 7.15. The first-order chi connectivity index (χ1) is 15.0. The monoisotopic (exact) mass is 434 g/mol. The molecule has 0 saturated heterocycles. The number of hydrogen-bond acceptors (Lipinski definition) is 7. The number of thiophene rings is 1. The van der Waals surface area contributed by atoms with Gasteiger partial charge < -0.3 is 19.9 Å². The third kappa shape index (κ3) is 3.89. The number of amides is 1. The normalized spacial score (nSPS) is 10.6. The summed E-state index contributed by atoms with van der Waals surface area (Å²) in [6, 6.07) is 14.4. The van der Waals surface area contributed by atoms with Crippen molar-refractivity contribution in [1.82, 2.24) is 9.55 Å². The van der Waals surface area contributed by atoms with Crippen LogP contribution in [0.4, 0.5) is 0 Å². The second kappa shape index (κ2) is 8.38. The van der Waals surface area contributed by atoms with Crippen LogP contribution in [0.5, 0.6) is 17.2 Å². The Labute approximate surface area is 182 Å². The first-order valence-electron chi connectivity index (χ1n) is 9.19. The number of aromatic nitrogens is 2. The van der Waals surface area contributed by atoms with Crippen molar-refractivity contribution < 1.29 is 19.0 Å². The molecule has 4 rings (SSSR count). The highest BCUT2D eigenvalue weighted by atomic mass is 32.1. The Morgan fingerprint density at radius 2 is 1.84 bits per heavy atom. The summed E-state index contributed by atoms with van der Waals surface area (Å²) in [5.74, 6) is 1.17. The van der Waals surface area contributed by atoms with Crippen LogP contribution in [0.25, 0.3) is 16.0 Å². The lowest BCUT2D eigenvalue weighted by molar-refractivity contribution is 0.1000. The van der Waals surface area contributed by atoms with Gasteiger partial charge in [0.2, 0.25) is 5.91 Å². The quantitative estimate of drug-likeness (QED) is 0.475. The zero-order chi connectivity index (χ0) is 22.0. The molecule has 1 amide bonds. The fraction of sp³-hybridized carbons (Fsp3) is 0.136. The summed E-state index contributed by atoms with van der Waals surface area (Å²) < 4.78 is 18.5. The number of benzene rings is 2. The van der Waals surface area contributed by atoms with E-state index in [1.165, 1.54) is 11.3 Å². The first-order valence-corrected chi connectivity index (χ1v) is 10.0. The maximum absolute atomic E-state index is 11.2. The van der Waals surface area contributed by atoms with Gasteiger partial charge in [0.15, 0.2) is 17.2 Å². The minimum atomic E-state index is -0.483. The predicted molar refractivity (Wildman–Crippen MR) is 116 cm³/mol. The zero-order valence-electron chi connectivity index (χ0n) is 16.8. The van der Waals surface area contributed by atoms with E-state index in [9.17, 15) is 10.1 Å². The van der Waals surface area contributed by atoms with Crippen LogP contribution in [0.3, 0.4) is 0 Å². The van der Waals surface area contributed by atoms with Crippen molar-refractivity contribution in [3.63, 3.8) is 0 Å². The van der Waals surface area contributed by atoms with E-state index in [-0.39, 0.29) is 6.61 Å². The summed E-state index contributed by atoms with van der Waals surface area (Å²) in [6.07, 6.45) is 1.68. The minimum absolute atomic E-state index is 0.250. The van der Waals surface area contributed by atoms with Gasteiger partial charge in [-0.25, -0.2) is 4.98 Å². The van der Waals surface area contributed by atoms with Gasteiger partial charge in [0, 0.05) is 23.8 Å². The van der Waals surface area contributed by atoms with E-state index in [0.29, 0.717) is 27.7 Å². The van der Waals surface area contributed by atoms with Gasteiger partial charge in [0.25, 0.3) is 0 Å². The molecule has 2 aromatic heterocycles. The molecule has 156 valence electrons. The van der Waals surface area contributed by atoms with Crippen molar-refractivity contribution in [2.45, 2.75) is 6.61 Å². The van der Waals surface area contributed by atoms with Crippen LogP contribution >= 0.6 is 11.3 Å². The van der Waals surface area contributed by atoms with Gasteiger partial charge in [0.05, 0.1) is 25.3 Å². The number of nitrogens with two attached hydrogens (primary N) is 1. The van der Waals surface area contributed by atoms with Crippen LogP contribution in [0.2, 0.25) is 0 Å². The number of nitriles is 1. The Hall–Kier alpha value is -4.03. The Balaban J connectivity index is 1.63. The number of ether oxygens (including phenoxy) is 3. The zero-order valence-corrected chi connectivity index (χ0v) is 17.6. The summed E-state index contributed by atoms with van der Waals surface area (Å²) in [5, 5.41) is 10.3. The molecule has 0 unspecified atom stereocenters. The van der Waals surface area contributed by atoms with Gasteiger partial charge in [-0.3, -0.25) is 9.36 Å². The van der Waals surface area contributed by atoms with E-state index >= 15 is 0 Å². The fourth-order valence-electron chi connectivity index (χ4n) is 3.10. The lowest BCUT2D eigenvalue weighted by Crippen LogP contribution is -2.10. The first kappa shape index (κ1) is 20.3. The van der Waals surface area contributed by atoms with Gasteiger partial charge in [-0.1, -0.05) is 12.1 Å². The molecule has 2 heterocycles. The molecule has 0 aliphatic rings. The number of carbonyl (C=O) groups is 1. The molecule has 2 aromatic carbocycles. The molecule has 0 spiro atoms. The van der Waals surface area contributed by atoms with Crippen LogP contribution < -0.4 is 19.9 Å². The Morgan fingerprint density at radius 3 is 2.48 bits per heavy atom. The molecule has 0 bridgehead atoms. The predicted octanol–water partition coefficient (Wildman–Crippen LogP) is 3.65. The van der Waals surface area contributed by atoms with Gasteiger partial charge >= 0.3 is 0 Å². The largest absolute Gasteiger partial charge is 0.493 e. The summed E-state index contributed by atoms with van der Waals surface area (Å²) in [4.78, 5) is 16.1. The molecule has 2 N–H and O–H groups in total. The number of hydrogen-bond donors (Lipinski definition) is 1. The molecule has 0 atom stereocenters. The fourth-order valence-corrected chi connectivity index (χ4v) is 3.99. The Morgan fingerprint density at radius 1 is 1.13 bits per heavy atom. The van der Waals surface area contributed by atoms with Gasteiger partial charge in [0.1, 0.15) is 28.9 Å². The Bertz CT molecular complexity index is 1300. The number of methoxy groups -OCH3 is 2. The number of carbonyl (C=O) groups excluding carboxylic acids is 1. The lowest BCUT2D eigenvalue weighted by atomic mass is 10.1. The number of nitrogens with zero attached hydrogens (tertiary/aromatic N) is 3.